The van der Waals surface area contributed by atoms with Gasteiger partial charge >= 0.3 is 6.09 Å². The van der Waals surface area contributed by atoms with Crippen LogP contribution in [-0.2, 0) is 25.2 Å². The van der Waals surface area contributed by atoms with Crippen LogP contribution >= 0.6 is 0 Å². The number of amides is 1. The van der Waals surface area contributed by atoms with Crippen molar-refractivity contribution in [1.82, 2.24) is 4.90 Å². The standard InChI is InChI=1S/C26H39NO5Si/c1-17(2)20-14-27(25(28)29-15-18-11-9-8-10-12-18)23-19(20)13-21-22(32-24(23)31-21)16-30-33(6,7)26(3,4)5/h8-12,19-24H,1,13-16H2,2-7H3/t19-,20+,21-,22-,23+,24-/m0/s1. The van der Waals surface area contributed by atoms with Crippen molar-refractivity contribution in [2.75, 3.05) is 13.2 Å². The second kappa shape index (κ2) is 9.17. The lowest BCUT2D eigenvalue weighted by molar-refractivity contribution is -0.138. The molecule has 0 spiro atoms. The lowest BCUT2D eigenvalue weighted by Crippen LogP contribution is -2.49. The molecule has 3 heterocycles. The molecule has 3 aliphatic heterocycles. The normalized spacial score (nSPS) is 31.4. The van der Waals surface area contributed by atoms with E-state index in [4.69, 9.17) is 18.6 Å². The van der Waals surface area contributed by atoms with E-state index in [1.807, 2.05) is 35.2 Å². The molecular formula is C26H39NO5Si. The molecule has 3 saturated heterocycles. The third-order valence-corrected chi connectivity index (χ3v) is 12.5. The summed E-state index contributed by atoms with van der Waals surface area (Å²) in [6.07, 6.45) is -0.0439. The van der Waals surface area contributed by atoms with Crippen molar-refractivity contribution in [1.29, 1.82) is 0 Å². The van der Waals surface area contributed by atoms with Crippen LogP contribution in [0.5, 0.6) is 0 Å². The third kappa shape index (κ3) is 4.92. The number of hydrogen-bond acceptors (Lipinski definition) is 5. The fourth-order valence-electron chi connectivity index (χ4n) is 4.95. The number of benzene rings is 1. The summed E-state index contributed by atoms with van der Waals surface area (Å²) in [4.78, 5) is 14.9. The molecule has 0 aliphatic carbocycles. The van der Waals surface area contributed by atoms with Gasteiger partial charge < -0.3 is 18.6 Å². The molecule has 3 fully saturated rings. The van der Waals surface area contributed by atoms with Crippen LogP contribution < -0.4 is 0 Å². The molecule has 1 amide bonds. The molecule has 0 N–H and O–H groups in total. The predicted octanol–water partition coefficient (Wildman–Crippen LogP) is 5.35. The van der Waals surface area contributed by atoms with Crippen molar-refractivity contribution >= 4 is 14.4 Å². The molecule has 0 aromatic heterocycles. The number of fused-ring (bicyclic) bond motifs is 4. The highest BCUT2D eigenvalue weighted by molar-refractivity contribution is 6.74. The average Bonchev–Trinajstić information content (AvgIpc) is 3.30. The fraction of sp³-hybridized carbons (Fsp3) is 0.654. The third-order valence-electron chi connectivity index (χ3n) is 8.01. The maximum absolute atomic E-state index is 13.1. The first-order valence-electron chi connectivity index (χ1n) is 12.1. The minimum atomic E-state index is -1.88. The highest BCUT2D eigenvalue weighted by atomic mass is 28.4. The van der Waals surface area contributed by atoms with Gasteiger partial charge in [-0.1, -0.05) is 63.3 Å². The Kier molecular flexibility index (Phi) is 6.80. The fourth-order valence-corrected chi connectivity index (χ4v) is 5.97. The van der Waals surface area contributed by atoms with Crippen molar-refractivity contribution < 1.29 is 23.4 Å². The van der Waals surface area contributed by atoms with Gasteiger partial charge in [-0.2, -0.15) is 0 Å². The number of carbonyl (C=O) groups excluding carboxylic acids is 1. The summed E-state index contributed by atoms with van der Waals surface area (Å²) in [7, 11) is -1.88. The van der Waals surface area contributed by atoms with E-state index >= 15 is 0 Å². The number of carbonyl (C=O) groups is 1. The molecule has 0 unspecified atom stereocenters. The van der Waals surface area contributed by atoms with Crippen LogP contribution in [0.15, 0.2) is 42.5 Å². The van der Waals surface area contributed by atoms with E-state index in [1.54, 1.807) is 0 Å². The summed E-state index contributed by atoms with van der Waals surface area (Å²) in [6, 6.07) is 9.59. The van der Waals surface area contributed by atoms with E-state index < -0.39 is 14.6 Å². The van der Waals surface area contributed by atoms with Gasteiger partial charge in [0, 0.05) is 12.5 Å². The molecule has 6 atom stereocenters. The van der Waals surface area contributed by atoms with Gasteiger partial charge in [-0.15, -0.1) is 0 Å². The van der Waals surface area contributed by atoms with Crippen LogP contribution in [0.4, 0.5) is 4.79 Å². The van der Waals surface area contributed by atoms with Gasteiger partial charge in [0.2, 0.25) is 0 Å². The first-order valence-corrected chi connectivity index (χ1v) is 15.0. The van der Waals surface area contributed by atoms with Crippen molar-refractivity contribution in [2.24, 2.45) is 11.8 Å². The molecule has 4 rings (SSSR count). The molecule has 7 heteroatoms. The first kappa shape index (κ1) is 24.5. The Bertz CT molecular complexity index is 867. The summed E-state index contributed by atoms with van der Waals surface area (Å²) < 4.78 is 24.8. The zero-order valence-electron chi connectivity index (χ0n) is 20.9. The van der Waals surface area contributed by atoms with Gasteiger partial charge in [-0.3, -0.25) is 4.90 Å². The lowest BCUT2D eigenvalue weighted by Gasteiger charge is -2.37. The minimum absolute atomic E-state index is 0.0110. The zero-order chi connectivity index (χ0) is 24.0. The highest BCUT2D eigenvalue weighted by Gasteiger charge is 2.58. The van der Waals surface area contributed by atoms with Gasteiger partial charge in [0.25, 0.3) is 0 Å². The Morgan fingerprint density at radius 2 is 1.91 bits per heavy atom. The highest BCUT2D eigenvalue weighted by Crippen LogP contribution is 2.48. The predicted molar refractivity (Wildman–Crippen MR) is 130 cm³/mol. The monoisotopic (exact) mass is 473 g/mol. The molecule has 3 aliphatic rings. The van der Waals surface area contributed by atoms with Crippen LogP contribution in [0, 0.1) is 11.8 Å². The molecule has 6 nitrogen and oxygen atoms in total. The first-order chi connectivity index (χ1) is 15.5. The van der Waals surface area contributed by atoms with Gasteiger partial charge in [0.15, 0.2) is 14.6 Å². The summed E-state index contributed by atoms with van der Waals surface area (Å²) in [5, 5.41) is 0.141. The van der Waals surface area contributed by atoms with E-state index in [-0.39, 0.29) is 47.8 Å². The van der Waals surface area contributed by atoms with Crippen LogP contribution in [0.3, 0.4) is 0 Å². The Morgan fingerprint density at radius 3 is 2.55 bits per heavy atom. The molecular weight excluding hydrogens is 434 g/mol. The molecule has 2 bridgehead atoms. The molecule has 1 aromatic carbocycles. The topological polar surface area (TPSA) is 57.2 Å². The minimum Gasteiger partial charge on any atom is -0.445 e. The number of likely N-dealkylation sites (tertiary alicyclic amines) is 1. The molecule has 0 saturated carbocycles. The molecule has 182 valence electrons. The summed E-state index contributed by atoms with van der Waals surface area (Å²) in [6.45, 7) is 18.9. The van der Waals surface area contributed by atoms with E-state index in [0.717, 1.165) is 17.6 Å². The Hall–Kier alpha value is -1.67. The smallest absolute Gasteiger partial charge is 0.410 e. The SMILES string of the molecule is C=C(C)[C@H]1CN(C(=O)OCc2ccccc2)[C@H]2[C@@H]3O[C@@H](CO[Si](C)(C)C(C)(C)C)[C@H](C[C@H]21)O3. The summed E-state index contributed by atoms with van der Waals surface area (Å²) in [5.41, 5.74) is 2.07. The van der Waals surface area contributed by atoms with Crippen LogP contribution in [0.1, 0.15) is 39.7 Å². The van der Waals surface area contributed by atoms with Crippen molar-refractivity contribution in [3.63, 3.8) is 0 Å². The van der Waals surface area contributed by atoms with Crippen LogP contribution in [0.2, 0.25) is 18.1 Å². The number of rotatable bonds is 6. The number of hydrogen-bond donors (Lipinski definition) is 0. The van der Waals surface area contributed by atoms with Gasteiger partial charge in [0.1, 0.15) is 12.7 Å². The maximum Gasteiger partial charge on any atom is 0.410 e. The van der Waals surface area contributed by atoms with Crippen molar-refractivity contribution in [3.05, 3.63) is 48.0 Å². The summed E-state index contributed by atoms with van der Waals surface area (Å²) in [5.74, 6) is 0.477. The van der Waals surface area contributed by atoms with Crippen LogP contribution in [-0.4, -0.2) is 57.0 Å². The van der Waals surface area contributed by atoms with Gasteiger partial charge in [0.05, 0.1) is 18.8 Å². The van der Waals surface area contributed by atoms with E-state index in [2.05, 4.69) is 47.4 Å². The Balaban J connectivity index is 1.45. The largest absolute Gasteiger partial charge is 0.445 e. The Labute approximate surface area is 199 Å². The van der Waals surface area contributed by atoms with E-state index in [0.29, 0.717) is 13.2 Å². The Morgan fingerprint density at radius 1 is 1.21 bits per heavy atom. The molecule has 1 aromatic rings. The number of nitrogens with zero attached hydrogens (tertiary/aromatic N) is 1. The average molecular weight is 474 g/mol. The summed E-state index contributed by atoms with van der Waals surface area (Å²) >= 11 is 0. The second-order valence-corrected chi connectivity index (χ2v) is 16.1. The van der Waals surface area contributed by atoms with Gasteiger partial charge in [-0.05, 0) is 43.0 Å². The maximum atomic E-state index is 13.1. The lowest BCUT2D eigenvalue weighted by atomic mass is 9.80. The quantitative estimate of drug-likeness (QED) is 0.412. The second-order valence-electron chi connectivity index (χ2n) is 11.3. The zero-order valence-corrected chi connectivity index (χ0v) is 21.9. The van der Waals surface area contributed by atoms with Crippen molar-refractivity contribution in [2.45, 2.75) is 83.4 Å². The van der Waals surface area contributed by atoms with Gasteiger partial charge in [-0.25, -0.2) is 4.79 Å². The van der Waals surface area contributed by atoms with Crippen molar-refractivity contribution in [3.8, 4) is 0 Å². The van der Waals surface area contributed by atoms with E-state index in [1.165, 1.54) is 0 Å². The van der Waals surface area contributed by atoms with E-state index in [9.17, 15) is 4.79 Å². The molecule has 0 radical (unpaired) electrons. The number of ether oxygens (including phenoxy) is 3. The molecule has 33 heavy (non-hydrogen) atoms. The van der Waals surface area contributed by atoms with Crippen LogP contribution in [0.25, 0.3) is 0 Å².